The predicted molar refractivity (Wildman–Crippen MR) is 107 cm³/mol. The van der Waals surface area contributed by atoms with Crippen molar-refractivity contribution in [1.82, 2.24) is 20.6 Å². The van der Waals surface area contributed by atoms with E-state index in [0.29, 0.717) is 0 Å². The zero-order valence-electron chi connectivity index (χ0n) is 14.7. The molecule has 0 saturated carbocycles. The number of aromatic nitrogens is 2. The van der Waals surface area contributed by atoms with Crippen molar-refractivity contribution in [1.29, 1.82) is 0 Å². The summed E-state index contributed by atoms with van der Waals surface area (Å²) >= 11 is 0. The molecule has 0 aliphatic rings. The van der Waals surface area contributed by atoms with Crippen LogP contribution in [0.1, 0.15) is 11.4 Å². The normalized spacial score (nSPS) is 11.2. The number of nitrogens with zero attached hydrogens (tertiary/aromatic N) is 2. The molecule has 2 N–H and O–H groups in total. The minimum absolute atomic E-state index is 0.779. The molecule has 0 bridgehead atoms. The number of fused-ring (bicyclic) bond motifs is 2. The Morgan fingerprint density at radius 2 is 1.00 bits per heavy atom. The maximum atomic E-state index is 4.68. The maximum Gasteiger partial charge on any atom is 0.0705 e. The standard InChI is InChI=1S/C22H22N4/c1-3-7-21-17(5-1)9-11-19(25-21)15-23-13-14-24-16-20-12-10-18-6-2-4-8-22(18)26-20/h1-12,23-24H,13-16H2. The van der Waals surface area contributed by atoms with Crippen molar-refractivity contribution in [3.05, 3.63) is 84.2 Å². The monoisotopic (exact) mass is 342 g/mol. The van der Waals surface area contributed by atoms with Gasteiger partial charge in [-0.1, -0.05) is 48.5 Å². The molecule has 0 amide bonds. The molecule has 0 aliphatic carbocycles. The molecule has 4 rings (SSSR count). The van der Waals surface area contributed by atoms with Crippen LogP contribution in [-0.4, -0.2) is 23.1 Å². The van der Waals surface area contributed by atoms with Gasteiger partial charge in [-0.2, -0.15) is 0 Å². The van der Waals surface area contributed by atoms with Crippen LogP contribution in [0.3, 0.4) is 0 Å². The largest absolute Gasteiger partial charge is 0.310 e. The SMILES string of the molecule is c1ccc2nc(CNCCNCc3ccc4ccccc4n3)ccc2c1. The summed E-state index contributed by atoms with van der Waals surface area (Å²) in [5.74, 6) is 0. The first kappa shape index (κ1) is 16.6. The molecule has 0 unspecified atom stereocenters. The molecule has 130 valence electrons. The van der Waals surface area contributed by atoms with Crippen LogP contribution in [-0.2, 0) is 13.1 Å². The number of pyridine rings is 2. The van der Waals surface area contributed by atoms with Gasteiger partial charge in [0.25, 0.3) is 0 Å². The Hall–Kier alpha value is -2.82. The molecule has 0 spiro atoms. The lowest BCUT2D eigenvalue weighted by Crippen LogP contribution is -2.27. The van der Waals surface area contributed by atoms with E-state index in [0.717, 1.165) is 48.6 Å². The van der Waals surface area contributed by atoms with Gasteiger partial charge in [0.05, 0.1) is 22.4 Å². The molecule has 2 heterocycles. The summed E-state index contributed by atoms with van der Waals surface area (Å²) < 4.78 is 0. The first-order valence-electron chi connectivity index (χ1n) is 8.99. The average Bonchev–Trinajstić information content (AvgIpc) is 2.70. The summed E-state index contributed by atoms with van der Waals surface area (Å²) in [5.41, 5.74) is 4.24. The van der Waals surface area contributed by atoms with Crippen LogP contribution >= 0.6 is 0 Å². The number of rotatable bonds is 7. The van der Waals surface area contributed by atoms with Crippen molar-refractivity contribution in [2.75, 3.05) is 13.1 Å². The van der Waals surface area contributed by atoms with Crippen molar-refractivity contribution >= 4 is 21.8 Å². The fourth-order valence-corrected chi connectivity index (χ4v) is 3.02. The maximum absolute atomic E-state index is 4.68. The van der Waals surface area contributed by atoms with Crippen LogP contribution in [0.25, 0.3) is 21.8 Å². The molecule has 0 saturated heterocycles. The van der Waals surface area contributed by atoms with Gasteiger partial charge in [-0.15, -0.1) is 0 Å². The minimum Gasteiger partial charge on any atom is -0.310 e. The van der Waals surface area contributed by atoms with E-state index in [4.69, 9.17) is 0 Å². The van der Waals surface area contributed by atoms with E-state index in [9.17, 15) is 0 Å². The van der Waals surface area contributed by atoms with Crippen LogP contribution in [0.5, 0.6) is 0 Å². The molecule has 0 fully saturated rings. The second-order valence-electron chi connectivity index (χ2n) is 6.34. The summed E-state index contributed by atoms with van der Waals surface area (Å²) in [4.78, 5) is 9.35. The van der Waals surface area contributed by atoms with Gasteiger partial charge in [0.15, 0.2) is 0 Å². The lowest BCUT2D eigenvalue weighted by atomic mass is 10.2. The van der Waals surface area contributed by atoms with E-state index in [1.807, 2.05) is 24.3 Å². The van der Waals surface area contributed by atoms with E-state index < -0.39 is 0 Å². The molecule has 0 aliphatic heterocycles. The van der Waals surface area contributed by atoms with E-state index in [-0.39, 0.29) is 0 Å². The fourth-order valence-electron chi connectivity index (χ4n) is 3.02. The number of benzene rings is 2. The molecule has 0 atom stereocenters. The van der Waals surface area contributed by atoms with Crippen molar-refractivity contribution in [3.63, 3.8) is 0 Å². The van der Waals surface area contributed by atoms with Gasteiger partial charge >= 0.3 is 0 Å². The topological polar surface area (TPSA) is 49.8 Å². The smallest absolute Gasteiger partial charge is 0.0705 e. The summed E-state index contributed by atoms with van der Waals surface area (Å²) in [5, 5.41) is 9.24. The van der Waals surface area contributed by atoms with Gasteiger partial charge in [-0.3, -0.25) is 9.97 Å². The first-order valence-corrected chi connectivity index (χ1v) is 8.99. The van der Waals surface area contributed by atoms with Gasteiger partial charge < -0.3 is 10.6 Å². The highest BCUT2D eigenvalue weighted by Crippen LogP contribution is 2.12. The molecule has 4 aromatic rings. The van der Waals surface area contributed by atoms with Crippen LogP contribution in [0.4, 0.5) is 0 Å². The summed E-state index contributed by atoms with van der Waals surface area (Å²) in [7, 11) is 0. The van der Waals surface area contributed by atoms with Gasteiger partial charge in [-0.25, -0.2) is 0 Å². The Morgan fingerprint density at radius 3 is 1.50 bits per heavy atom. The molecule has 26 heavy (non-hydrogen) atoms. The van der Waals surface area contributed by atoms with Gasteiger partial charge in [0.2, 0.25) is 0 Å². The third-order valence-electron chi connectivity index (χ3n) is 4.40. The lowest BCUT2D eigenvalue weighted by Gasteiger charge is -2.08. The average molecular weight is 342 g/mol. The van der Waals surface area contributed by atoms with Crippen LogP contribution in [0.2, 0.25) is 0 Å². The highest BCUT2D eigenvalue weighted by Gasteiger charge is 1.99. The zero-order chi connectivity index (χ0) is 17.6. The number of hydrogen-bond donors (Lipinski definition) is 2. The highest BCUT2D eigenvalue weighted by molar-refractivity contribution is 5.79. The van der Waals surface area contributed by atoms with Crippen LogP contribution in [0, 0.1) is 0 Å². The Kier molecular flexibility index (Phi) is 5.14. The van der Waals surface area contributed by atoms with E-state index in [1.54, 1.807) is 0 Å². The Morgan fingerprint density at radius 1 is 0.538 bits per heavy atom. The van der Waals surface area contributed by atoms with Crippen molar-refractivity contribution < 1.29 is 0 Å². The van der Waals surface area contributed by atoms with Crippen molar-refractivity contribution in [2.24, 2.45) is 0 Å². The van der Waals surface area contributed by atoms with Crippen molar-refractivity contribution in [3.8, 4) is 0 Å². The van der Waals surface area contributed by atoms with E-state index in [1.165, 1.54) is 10.8 Å². The molecule has 4 heteroatoms. The second kappa shape index (κ2) is 8.04. The Bertz CT molecular complexity index is 929. The molecule has 0 radical (unpaired) electrons. The van der Waals surface area contributed by atoms with Crippen LogP contribution in [0.15, 0.2) is 72.8 Å². The van der Waals surface area contributed by atoms with E-state index in [2.05, 4.69) is 69.1 Å². The number of nitrogens with one attached hydrogen (secondary N) is 2. The zero-order valence-corrected chi connectivity index (χ0v) is 14.7. The van der Waals surface area contributed by atoms with Crippen LogP contribution < -0.4 is 10.6 Å². The minimum atomic E-state index is 0.779. The molecule has 4 nitrogen and oxygen atoms in total. The van der Waals surface area contributed by atoms with Gasteiger partial charge in [0.1, 0.15) is 0 Å². The first-order chi connectivity index (χ1) is 12.9. The molecule has 2 aromatic heterocycles. The summed E-state index contributed by atoms with van der Waals surface area (Å²) in [6.07, 6.45) is 0. The molecule has 2 aromatic carbocycles. The third-order valence-corrected chi connectivity index (χ3v) is 4.40. The number of hydrogen-bond acceptors (Lipinski definition) is 4. The van der Waals surface area contributed by atoms with Gasteiger partial charge in [-0.05, 0) is 24.3 Å². The summed E-state index contributed by atoms with van der Waals surface area (Å²) in [6, 6.07) is 24.8. The predicted octanol–water partition coefficient (Wildman–Crippen LogP) is 3.66. The lowest BCUT2D eigenvalue weighted by molar-refractivity contribution is 0.602. The Balaban J connectivity index is 1.22. The molecular weight excluding hydrogens is 320 g/mol. The van der Waals surface area contributed by atoms with E-state index >= 15 is 0 Å². The quantitative estimate of drug-likeness (QED) is 0.503. The van der Waals surface area contributed by atoms with Gasteiger partial charge in [0, 0.05) is 37.0 Å². The fraction of sp³-hybridized carbons (Fsp3) is 0.182. The summed E-state index contributed by atoms with van der Waals surface area (Å²) in [6.45, 7) is 3.34. The Labute approximate surface area is 153 Å². The molecular formula is C22H22N4. The highest BCUT2D eigenvalue weighted by atomic mass is 15.0. The van der Waals surface area contributed by atoms with Crippen molar-refractivity contribution in [2.45, 2.75) is 13.1 Å². The third kappa shape index (κ3) is 4.04. The second-order valence-corrected chi connectivity index (χ2v) is 6.34. The number of para-hydroxylation sites is 2.